The van der Waals surface area contributed by atoms with Crippen LogP contribution in [0.1, 0.15) is 24.0 Å². The van der Waals surface area contributed by atoms with Crippen molar-refractivity contribution in [3.8, 4) is 0 Å². The summed E-state index contributed by atoms with van der Waals surface area (Å²) in [5, 5.41) is 3.21. The summed E-state index contributed by atoms with van der Waals surface area (Å²) in [6, 6.07) is 8.83. The first-order valence-electron chi connectivity index (χ1n) is 7.44. The van der Waals surface area contributed by atoms with Crippen molar-refractivity contribution in [2.75, 3.05) is 26.7 Å². The lowest BCUT2D eigenvalue weighted by Crippen LogP contribution is -2.37. The minimum atomic E-state index is 0.423. The first-order chi connectivity index (χ1) is 9.35. The van der Waals surface area contributed by atoms with Crippen LogP contribution in [-0.2, 0) is 17.7 Å². The molecular weight excluding hydrogens is 236 g/mol. The molecule has 2 aliphatic heterocycles. The molecule has 3 nitrogen and oxygen atoms in total. The third-order valence-electron chi connectivity index (χ3n) is 4.30. The van der Waals surface area contributed by atoms with Crippen molar-refractivity contribution in [2.45, 2.75) is 38.0 Å². The summed E-state index contributed by atoms with van der Waals surface area (Å²) in [6.07, 6.45) is 4.46. The summed E-state index contributed by atoms with van der Waals surface area (Å²) in [4.78, 5) is 2.55. The fraction of sp³-hybridized carbons (Fsp3) is 0.625. The molecule has 19 heavy (non-hydrogen) atoms. The summed E-state index contributed by atoms with van der Waals surface area (Å²) in [5.41, 5.74) is 3.03. The number of likely N-dealkylation sites (N-methyl/N-ethyl adjacent to an activating group) is 1. The Kier molecular flexibility index (Phi) is 4.16. The van der Waals surface area contributed by atoms with Crippen LogP contribution < -0.4 is 5.32 Å². The van der Waals surface area contributed by atoms with E-state index < -0.39 is 0 Å². The van der Waals surface area contributed by atoms with Crippen LogP contribution in [0.3, 0.4) is 0 Å². The average molecular weight is 260 g/mol. The predicted octanol–water partition coefficient (Wildman–Crippen LogP) is 1.81. The van der Waals surface area contributed by atoms with E-state index in [9.17, 15) is 0 Å². The van der Waals surface area contributed by atoms with E-state index in [2.05, 4.69) is 34.5 Å². The fourth-order valence-electron chi connectivity index (χ4n) is 3.29. The van der Waals surface area contributed by atoms with Crippen LogP contribution >= 0.6 is 0 Å². The standard InChI is InChI=1S/C16H24N2O/c1-17-10-15-6-7-16(19-15)12-18-9-8-13-4-2-3-5-14(13)11-18/h2-5,15-17H,6-12H2,1H3. The van der Waals surface area contributed by atoms with Gasteiger partial charge in [0.1, 0.15) is 0 Å². The van der Waals surface area contributed by atoms with Gasteiger partial charge in [-0.05, 0) is 37.4 Å². The van der Waals surface area contributed by atoms with E-state index in [0.717, 1.165) is 19.6 Å². The lowest BCUT2D eigenvalue weighted by molar-refractivity contribution is 0.0216. The van der Waals surface area contributed by atoms with Gasteiger partial charge in [-0.2, -0.15) is 0 Å². The molecule has 2 aliphatic rings. The summed E-state index contributed by atoms with van der Waals surface area (Å²) < 4.78 is 6.09. The third-order valence-corrected chi connectivity index (χ3v) is 4.30. The molecule has 1 saturated heterocycles. The number of ether oxygens (including phenoxy) is 1. The van der Waals surface area contributed by atoms with Crippen molar-refractivity contribution in [3.05, 3.63) is 35.4 Å². The van der Waals surface area contributed by atoms with Gasteiger partial charge in [0, 0.05) is 26.2 Å². The molecule has 0 bridgehead atoms. The molecule has 1 fully saturated rings. The Morgan fingerprint density at radius 2 is 2.00 bits per heavy atom. The number of hydrogen-bond donors (Lipinski definition) is 1. The molecule has 1 aromatic carbocycles. The molecule has 0 aliphatic carbocycles. The van der Waals surface area contributed by atoms with Crippen molar-refractivity contribution in [3.63, 3.8) is 0 Å². The second-order valence-electron chi connectivity index (χ2n) is 5.77. The average Bonchev–Trinajstić information content (AvgIpc) is 2.86. The smallest absolute Gasteiger partial charge is 0.0707 e. The quantitative estimate of drug-likeness (QED) is 0.893. The molecule has 2 atom stereocenters. The molecule has 0 saturated carbocycles. The SMILES string of the molecule is CNCC1CCC(CN2CCc3ccccc3C2)O1. The molecule has 0 aromatic heterocycles. The highest BCUT2D eigenvalue weighted by Crippen LogP contribution is 2.23. The van der Waals surface area contributed by atoms with Gasteiger partial charge in [-0.3, -0.25) is 4.90 Å². The van der Waals surface area contributed by atoms with Crippen LogP contribution in [0.5, 0.6) is 0 Å². The van der Waals surface area contributed by atoms with E-state index >= 15 is 0 Å². The molecule has 2 unspecified atom stereocenters. The third kappa shape index (κ3) is 3.16. The molecule has 0 spiro atoms. The van der Waals surface area contributed by atoms with Gasteiger partial charge in [-0.15, -0.1) is 0 Å². The van der Waals surface area contributed by atoms with E-state index in [4.69, 9.17) is 4.74 Å². The number of rotatable bonds is 4. The number of nitrogens with one attached hydrogen (secondary N) is 1. The van der Waals surface area contributed by atoms with Gasteiger partial charge in [0.25, 0.3) is 0 Å². The van der Waals surface area contributed by atoms with E-state index in [-0.39, 0.29) is 0 Å². The van der Waals surface area contributed by atoms with Gasteiger partial charge >= 0.3 is 0 Å². The van der Waals surface area contributed by atoms with Gasteiger partial charge in [0.15, 0.2) is 0 Å². The molecular formula is C16H24N2O. The molecule has 3 heteroatoms. The van der Waals surface area contributed by atoms with E-state index in [1.165, 1.54) is 36.9 Å². The zero-order valence-corrected chi connectivity index (χ0v) is 11.8. The van der Waals surface area contributed by atoms with Gasteiger partial charge in [0.05, 0.1) is 12.2 Å². The maximum Gasteiger partial charge on any atom is 0.0707 e. The number of fused-ring (bicyclic) bond motifs is 1. The van der Waals surface area contributed by atoms with E-state index in [1.54, 1.807) is 0 Å². The Balaban J connectivity index is 1.53. The van der Waals surface area contributed by atoms with Crippen molar-refractivity contribution < 1.29 is 4.74 Å². The van der Waals surface area contributed by atoms with Crippen molar-refractivity contribution in [2.24, 2.45) is 0 Å². The molecule has 1 aromatic rings. The Bertz CT molecular complexity index is 421. The summed E-state index contributed by atoms with van der Waals surface area (Å²) in [6.45, 7) is 4.34. The predicted molar refractivity (Wildman–Crippen MR) is 77.2 cm³/mol. The zero-order valence-electron chi connectivity index (χ0n) is 11.8. The summed E-state index contributed by atoms with van der Waals surface area (Å²) in [5.74, 6) is 0. The molecule has 3 rings (SSSR count). The van der Waals surface area contributed by atoms with Crippen molar-refractivity contribution in [1.82, 2.24) is 10.2 Å². The Hall–Kier alpha value is -0.900. The van der Waals surface area contributed by atoms with Gasteiger partial charge in [0.2, 0.25) is 0 Å². The molecule has 1 N–H and O–H groups in total. The summed E-state index contributed by atoms with van der Waals surface area (Å²) >= 11 is 0. The second-order valence-corrected chi connectivity index (χ2v) is 5.77. The molecule has 0 amide bonds. The maximum absolute atomic E-state index is 6.09. The van der Waals surface area contributed by atoms with Gasteiger partial charge in [-0.25, -0.2) is 0 Å². The normalized spacial score (nSPS) is 27.4. The van der Waals surface area contributed by atoms with Crippen molar-refractivity contribution >= 4 is 0 Å². The second kappa shape index (κ2) is 6.04. The number of benzene rings is 1. The Labute approximate surface area is 115 Å². The van der Waals surface area contributed by atoms with Crippen LogP contribution in [0.2, 0.25) is 0 Å². The monoisotopic (exact) mass is 260 g/mol. The Morgan fingerprint density at radius 3 is 2.84 bits per heavy atom. The minimum absolute atomic E-state index is 0.423. The molecule has 0 radical (unpaired) electrons. The van der Waals surface area contributed by atoms with Gasteiger partial charge < -0.3 is 10.1 Å². The highest BCUT2D eigenvalue weighted by atomic mass is 16.5. The van der Waals surface area contributed by atoms with Crippen LogP contribution in [0.15, 0.2) is 24.3 Å². The zero-order chi connectivity index (χ0) is 13.1. The van der Waals surface area contributed by atoms with Crippen LogP contribution in [-0.4, -0.2) is 43.8 Å². The molecule has 104 valence electrons. The topological polar surface area (TPSA) is 24.5 Å². The van der Waals surface area contributed by atoms with Crippen LogP contribution in [0.25, 0.3) is 0 Å². The number of nitrogens with zero attached hydrogens (tertiary/aromatic N) is 1. The van der Waals surface area contributed by atoms with Crippen molar-refractivity contribution in [1.29, 1.82) is 0 Å². The summed E-state index contributed by atoms with van der Waals surface area (Å²) in [7, 11) is 2.00. The highest BCUT2D eigenvalue weighted by molar-refractivity contribution is 5.29. The van der Waals surface area contributed by atoms with E-state index in [1.807, 2.05) is 7.05 Å². The first-order valence-corrected chi connectivity index (χ1v) is 7.44. The molecule has 2 heterocycles. The van der Waals surface area contributed by atoms with E-state index in [0.29, 0.717) is 12.2 Å². The lowest BCUT2D eigenvalue weighted by Gasteiger charge is -2.30. The van der Waals surface area contributed by atoms with Crippen LogP contribution in [0, 0.1) is 0 Å². The lowest BCUT2D eigenvalue weighted by atomic mass is 9.99. The first kappa shape index (κ1) is 13.1. The highest BCUT2D eigenvalue weighted by Gasteiger charge is 2.27. The largest absolute Gasteiger partial charge is 0.372 e. The van der Waals surface area contributed by atoms with Crippen LogP contribution in [0.4, 0.5) is 0 Å². The number of hydrogen-bond acceptors (Lipinski definition) is 3. The Morgan fingerprint density at radius 1 is 1.21 bits per heavy atom. The fourth-order valence-corrected chi connectivity index (χ4v) is 3.29. The minimum Gasteiger partial charge on any atom is -0.372 e. The van der Waals surface area contributed by atoms with Gasteiger partial charge in [-0.1, -0.05) is 24.3 Å². The maximum atomic E-state index is 6.09.